The van der Waals surface area contributed by atoms with Crippen molar-refractivity contribution < 1.29 is 19.1 Å². The quantitative estimate of drug-likeness (QED) is 0.789. The minimum Gasteiger partial charge on any atom is -0.497 e. The number of carbonyl (C=O) groups excluding carboxylic acids is 2. The van der Waals surface area contributed by atoms with Gasteiger partial charge in [0, 0.05) is 30.8 Å². The Hall–Kier alpha value is -2.80. The zero-order valence-electron chi connectivity index (χ0n) is 13.8. The molecule has 2 N–H and O–H groups in total. The van der Waals surface area contributed by atoms with E-state index in [0.29, 0.717) is 27.9 Å². The predicted molar refractivity (Wildman–Crippen MR) is 94.4 cm³/mol. The Balaban J connectivity index is 1.85. The first-order valence-corrected chi connectivity index (χ1v) is 7.82. The number of amides is 2. The largest absolute Gasteiger partial charge is 0.497 e. The summed E-state index contributed by atoms with van der Waals surface area (Å²) in [5.41, 5.74) is 0.385. The van der Waals surface area contributed by atoms with Crippen molar-refractivity contribution in [2.24, 2.45) is 0 Å². The first-order chi connectivity index (χ1) is 12.0. The van der Waals surface area contributed by atoms with E-state index in [1.807, 2.05) is 0 Å². The van der Waals surface area contributed by atoms with Gasteiger partial charge in [0.25, 0.3) is 5.91 Å². The number of nitrogens with one attached hydrogen (secondary N) is 2. The first-order valence-electron chi connectivity index (χ1n) is 7.44. The second-order valence-electron chi connectivity index (χ2n) is 5.02. The summed E-state index contributed by atoms with van der Waals surface area (Å²) in [7, 11) is 3.01. The van der Waals surface area contributed by atoms with E-state index in [4.69, 9.17) is 21.1 Å². The van der Waals surface area contributed by atoms with Gasteiger partial charge < -0.3 is 20.1 Å². The van der Waals surface area contributed by atoms with Crippen LogP contribution in [0.15, 0.2) is 36.5 Å². The molecule has 0 aliphatic carbocycles. The molecule has 25 heavy (non-hydrogen) atoms. The maximum absolute atomic E-state index is 12.2. The van der Waals surface area contributed by atoms with Crippen molar-refractivity contribution in [1.29, 1.82) is 0 Å². The van der Waals surface area contributed by atoms with Crippen LogP contribution in [0.4, 0.5) is 5.82 Å². The number of anilines is 1. The maximum atomic E-state index is 12.2. The van der Waals surface area contributed by atoms with Gasteiger partial charge in [-0.1, -0.05) is 11.6 Å². The summed E-state index contributed by atoms with van der Waals surface area (Å²) in [6.07, 6.45) is 1.55. The van der Waals surface area contributed by atoms with Gasteiger partial charge in [-0.25, -0.2) is 4.98 Å². The summed E-state index contributed by atoms with van der Waals surface area (Å²) in [5, 5.41) is 5.78. The molecule has 0 fully saturated rings. The van der Waals surface area contributed by atoms with E-state index in [1.54, 1.807) is 30.3 Å². The molecule has 8 heteroatoms. The van der Waals surface area contributed by atoms with Crippen LogP contribution >= 0.6 is 11.6 Å². The van der Waals surface area contributed by atoms with E-state index in [-0.39, 0.29) is 24.8 Å². The first kappa shape index (κ1) is 18.5. The molecular weight excluding hydrogens is 346 g/mol. The van der Waals surface area contributed by atoms with Gasteiger partial charge in [-0.3, -0.25) is 9.59 Å². The third-order valence-electron chi connectivity index (χ3n) is 3.25. The highest BCUT2D eigenvalue weighted by Gasteiger charge is 2.10. The number of benzene rings is 1. The molecule has 1 heterocycles. The Morgan fingerprint density at radius 1 is 1.12 bits per heavy atom. The lowest BCUT2D eigenvalue weighted by Gasteiger charge is -2.09. The predicted octanol–water partition coefficient (Wildman–Crippen LogP) is 2.51. The SMILES string of the molecule is COc1cc(OC)cc(C(=O)NCCC(=O)Nc2ccc(Cl)cn2)c1. The van der Waals surface area contributed by atoms with Crippen molar-refractivity contribution in [3.05, 3.63) is 47.1 Å². The van der Waals surface area contributed by atoms with Gasteiger partial charge in [0.05, 0.1) is 19.2 Å². The zero-order chi connectivity index (χ0) is 18.2. The smallest absolute Gasteiger partial charge is 0.251 e. The Labute approximate surface area is 150 Å². The van der Waals surface area contributed by atoms with E-state index in [9.17, 15) is 9.59 Å². The molecule has 1 aromatic heterocycles. The summed E-state index contributed by atoms with van der Waals surface area (Å²) in [5.74, 6) is 0.832. The number of rotatable bonds is 7. The van der Waals surface area contributed by atoms with Crippen LogP contribution in [0.1, 0.15) is 16.8 Å². The molecule has 0 aliphatic heterocycles. The summed E-state index contributed by atoms with van der Waals surface area (Å²) in [6.45, 7) is 0.178. The molecule has 0 saturated heterocycles. The molecule has 2 amide bonds. The lowest BCUT2D eigenvalue weighted by molar-refractivity contribution is -0.116. The van der Waals surface area contributed by atoms with Crippen molar-refractivity contribution in [3.8, 4) is 11.5 Å². The summed E-state index contributed by atoms with van der Waals surface area (Å²) < 4.78 is 10.2. The second kappa shape index (κ2) is 8.89. The van der Waals surface area contributed by atoms with E-state index >= 15 is 0 Å². The number of hydrogen-bond acceptors (Lipinski definition) is 5. The third-order valence-corrected chi connectivity index (χ3v) is 3.47. The fourth-order valence-corrected chi connectivity index (χ4v) is 2.10. The van der Waals surface area contributed by atoms with Crippen LogP contribution < -0.4 is 20.1 Å². The van der Waals surface area contributed by atoms with Gasteiger partial charge in [0.1, 0.15) is 17.3 Å². The van der Waals surface area contributed by atoms with Crippen LogP contribution in [0.25, 0.3) is 0 Å². The van der Waals surface area contributed by atoms with Gasteiger partial charge in [0.2, 0.25) is 5.91 Å². The van der Waals surface area contributed by atoms with Crippen LogP contribution in [-0.2, 0) is 4.79 Å². The van der Waals surface area contributed by atoms with Crippen molar-refractivity contribution in [1.82, 2.24) is 10.3 Å². The molecule has 132 valence electrons. The third kappa shape index (κ3) is 5.65. The minimum absolute atomic E-state index is 0.108. The number of halogens is 1. The van der Waals surface area contributed by atoms with E-state index in [1.165, 1.54) is 20.4 Å². The second-order valence-corrected chi connectivity index (χ2v) is 5.45. The molecule has 2 aromatic rings. The zero-order valence-corrected chi connectivity index (χ0v) is 14.6. The van der Waals surface area contributed by atoms with Crippen LogP contribution in [-0.4, -0.2) is 37.6 Å². The van der Waals surface area contributed by atoms with Crippen molar-refractivity contribution in [2.75, 3.05) is 26.1 Å². The molecular formula is C17H18ClN3O4. The standard InChI is InChI=1S/C17H18ClN3O4/c1-24-13-7-11(8-14(9-13)25-2)17(23)19-6-5-16(22)21-15-4-3-12(18)10-20-15/h3-4,7-10H,5-6H2,1-2H3,(H,19,23)(H,20,21,22). The highest BCUT2D eigenvalue weighted by atomic mass is 35.5. The van der Waals surface area contributed by atoms with Crippen molar-refractivity contribution in [2.45, 2.75) is 6.42 Å². The van der Waals surface area contributed by atoms with Gasteiger partial charge in [-0.15, -0.1) is 0 Å². The van der Waals surface area contributed by atoms with Gasteiger partial charge in [0.15, 0.2) is 0 Å². The monoisotopic (exact) mass is 363 g/mol. The Morgan fingerprint density at radius 3 is 2.36 bits per heavy atom. The van der Waals surface area contributed by atoms with Crippen molar-refractivity contribution in [3.63, 3.8) is 0 Å². The van der Waals surface area contributed by atoms with Crippen molar-refractivity contribution >= 4 is 29.2 Å². The molecule has 2 rings (SSSR count). The van der Waals surface area contributed by atoms with Gasteiger partial charge >= 0.3 is 0 Å². The lowest BCUT2D eigenvalue weighted by atomic mass is 10.2. The van der Waals surface area contributed by atoms with E-state index in [0.717, 1.165) is 0 Å². The van der Waals surface area contributed by atoms with E-state index < -0.39 is 0 Å². The summed E-state index contributed by atoms with van der Waals surface area (Å²) in [6, 6.07) is 8.08. The number of methoxy groups -OCH3 is 2. The number of nitrogens with zero attached hydrogens (tertiary/aromatic N) is 1. The lowest BCUT2D eigenvalue weighted by Crippen LogP contribution is -2.27. The topological polar surface area (TPSA) is 89.5 Å². The van der Waals surface area contributed by atoms with Crippen LogP contribution in [0.3, 0.4) is 0 Å². The Kier molecular flexibility index (Phi) is 6.59. The van der Waals surface area contributed by atoms with Gasteiger partial charge in [-0.05, 0) is 24.3 Å². The summed E-state index contributed by atoms with van der Waals surface area (Å²) >= 11 is 5.73. The number of aromatic nitrogens is 1. The number of ether oxygens (including phenoxy) is 2. The fraction of sp³-hybridized carbons (Fsp3) is 0.235. The minimum atomic E-state index is -0.324. The van der Waals surface area contributed by atoms with Crippen LogP contribution in [0, 0.1) is 0 Å². The average molecular weight is 364 g/mol. The molecule has 0 saturated carbocycles. The maximum Gasteiger partial charge on any atom is 0.251 e. The fourth-order valence-electron chi connectivity index (χ4n) is 1.99. The number of carbonyl (C=O) groups is 2. The molecule has 0 unspecified atom stereocenters. The van der Waals surface area contributed by atoms with Crippen LogP contribution in [0.2, 0.25) is 5.02 Å². The molecule has 0 bridgehead atoms. The van der Waals surface area contributed by atoms with E-state index in [2.05, 4.69) is 15.6 Å². The normalized spacial score (nSPS) is 10.0. The molecule has 0 radical (unpaired) electrons. The highest BCUT2D eigenvalue weighted by molar-refractivity contribution is 6.30. The Morgan fingerprint density at radius 2 is 1.80 bits per heavy atom. The molecule has 0 spiro atoms. The molecule has 1 aromatic carbocycles. The molecule has 7 nitrogen and oxygen atoms in total. The number of hydrogen-bond donors (Lipinski definition) is 2. The molecule has 0 aliphatic rings. The Bertz CT molecular complexity index is 728. The molecule has 0 atom stereocenters. The highest BCUT2D eigenvalue weighted by Crippen LogP contribution is 2.22. The van der Waals surface area contributed by atoms with Crippen LogP contribution in [0.5, 0.6) is 11.5 Å². The number of pyridine rings is 1. The van der Waals surface area contributed by atoms with Gasteiger partial charge in [-0.2, -0.15) is 0 Å². The summed E-state index contributed by atoms with van der Waals surface area (Å²) in [4.78, 5) is 28.0. The average Bonchev–Trinajstić information content (AvgIpc) is 2.63.